The number of benzene rings is 3. The number of aromatic nitrogens is 1. The molecule has 206 valence electrons. The van der Waals surface area contributed by atoms with Crippen molar-refractivity contribution in [3.05, 3.63) is 89.0 Å². The first kappa shape index (κ1) is 26.2. The molecule has 4 amide bonds. The predicted octanol–water partition coefficient (Wildman–Crippen LogP) is 4.99. The molecule has 2 N–H and O–H groups in total. The molecular weight excluding hydrogens is 544 g/mol. The highest BCUT2D eigenvalue weighted by atomic mass is 32.2. The standard InChI is InChI=1S/C30H24N4O6S/c1-18-5-4-6-20(11-18)31-28(36)16-34-29(37)26(41-30(34)38)12-19-14-33(23-8-3-2-7-22(19)23)15-27(35)32-21-9-10-24-25(13-21)40-17-39-24/h2-14H,15-17H2,1H3,(H,31,36)(H,32,35)/b26-12-. The van der Waals surface area contributed by atoms with Gasteiger partial charge in [-0.25, -0.2) is 0 Å². The average molecular weight is 569 g/mol. The van der Waals surface area contributed by atoms with Crippen LogP contribution >= 0.6 is 11.8 Å². The highest BCUT2D eigenvalue weighted by Gasteiger charge is 2.36. The quantitative estimate of drug-likeness (QED) is 0.302. The number of fused-ring (bicyclic) bond motifs is 2. The van der Waals surface area contributed by atoms with Gasteiger partial charge in [0, 0.05) is 40.1 Å². The Hall–Kier alpha value is -5.03. The van der Waals surface area contributed by atoms with Crippen LogP contribution in [0.2, 0.25) is 0 Å². The van der Waals surface area contributed by atoms with Gasteiger partial charge in [0.05, 0.1) is 4.91 Å². The van der Waals surface area contributed by atoms with Crippen molar-refractivity contribution in [3.63, 3.8) is 0 Å². The number of aryl methyl sites for hydroxylation is 1. The van der Waals surface area contributed by atoms with Crippen molar-refractivity contribution in [1.82, 2.24) is 9.47 Å². The molecule has 0 aliphatic carbocycles. The van der Waals surface area contributed by atoms with Gasteiger partial charge in [0.25, 0.3) is 11.1 Å². The molecule has 41 heavy (non-hydrogen) atoms. The van der Waals surface area contributed by atoms with E-state index in [0.717, 1.165) is 33.1 Å². The minimum atomic E-state index is -0.545. The molecule has 4 aromatic rings. The van der Waals surface area contributed by atoms with Crippen LogP contribution in [0.25, 0.3) is 17.0 Å². The van der Waals surface area contributed by atoms with Gasteiger partial charge < -0.3 is 24.7 Å². The van der Waals surface area contributed by atoms with Crippen LogP contribution in [0.1, 0.15) is 11.1 Å². The summed E-state index contributed by atoms with van der Waals surface area (Å²) in [6.07, 6.45) is 3.39. The maximum Gasteiger partial charge on any atom is 0.294 e. The van der Waals surface area contributed by atoms with E-state index in [4.69, 9.17) is 9.47 Å². The van der Waals surface area contributed by atoms with E-state index in [9.17, 15) is 19.2 Å². The van der Waals surface area contributed by atoms with Crippen molar-refractivity contribution in [1.29, 1.82) is 0 Å². The van der Waals surface area contributed by atoms with Gasteiger partial charge in [0.2, 0.25) is 18.6 Å². The van der Waals surface area contributed by atoms with E-state index < -0.39 is 23.6 Å². The van der Waals surface area contributed by atoms with Crippen molar-refractivity contribution in [2.24, 2.45) is 0 Å². The summed E-state index contributed by atoms with van der Waals surface area (Å²) in [5, 5.41) is 5.88. The van der Waals surface area contributed by atoms with Crippen molar-refractivity contribution < 1.29 is 28.7 Å². The Morgan fingerprint density at radius 2 is 1.66 bits per heavy atom. The summed E-state index contributed by atoms with van der Waals surface area (Å²) in [4.78, 5) is 52.4. The number of nitrogens with zero attached hydrogens (tertiary/aromatic N) is 2. The lowest BCUT2D eigenvalue weighted by atomic mass is 10.1. The first-order valence-electron chi connectivity index (χ1n) is 12.7. The van der Waals surface area contributed by atoms with Crippen LogP contribution in [0.5, 0.6) is 11.5 Å². The Labute approximate surface area is 238 Å². The van der Waals surface area contributed by atoms with Crippen molar-refractivity contribution in [2.45, 2.75) is 13.5 Å². The molecule has 2 aliphatic rings. The fourth-order valence-electron chi connectivity index (χ4n) is 4.70. The number of imide groups is 1. The summed E-state index contributed by atoms with van der Waals surface area (Å²) >= 11 is 0.778. The zero-order valence-electron chi connectivity index (χ0n) is 21.9. The largest absolute Gasteiger partial charge is 0.454 e. The summed E-state index contributed by atoms with van der Waals surface area (Å²) in [6.45, 7) is 1.67. The number of nitrogens with one attached hydrogen (secondary N) is 2. The number of thioether (sulfide) groups is 1. The van der Waals surface area contributed by atoms with Gasteiger partial charge in [-0.15, -0.1) is 0 Å². The van der Waals surface area contributed by atoms with Gasteiger partial charge in [-0.2, -0.15) is 0 Å². The number of hydrogen-bond donors (Lipinski definition) is 2. The van der Waals surface area contributed by atoms with Crippen LogP contribution in [-0.4, -0.2) is 45.8 Å². The van der Waals surface area contributed by atoms with Crippen LogP contribution in [0.3, 0.4) is 0 Å². The molecule has 11 heteroatoms. The molecule has 0 spiro atoms. The zero-order chi connectivity index (χ0) is 28.5. The van der Waals surface area contributed by atoms with E-state index in [1.807, 2.05) is 43.3 Å². The average Bonchev–Trinajstić information content (AvgIpc) is 3.62. The van der Waals surface area contributed by atoms with E-state index >= 15 is 0 Å². The van der Waals surface area contributed by atoms with Crippen molar-refractivity contribution in [2.75, 3.05) is 24.0 Å². The van der Waals surface area contributed by atoms with Crippen LogP contribution in [-0.2, 0) is 20.9 Å². The van der Waals surface area contributed by atoms with Crippen molar-refractivity contribution in [3.8, 4) is 11.5 Å². The van der Waals surface area contributed by atoms with Gasteiger partial charge in [-0.05, 0) is 60.7 Å². The number of para-hydroxylation sites is 1. The summed E-state index contributed by atoms with van der Waals surface area (Å²) in [5.41, 5.74) is 3.60. The van der Waals surface area contributed by atoms with E-state index in [0.29, 0.717) is 28.4 Å². The third kappa shape index (κ3) is 5.52. The molecule has 3 heterocycles. The molecule has 2 aliphatic heterocycles. The minimum Gasteiger partial charge on any atom is -0.454 e. The maximum atomic E-state index is 13.1. The first-order valence-corrected chi connectivity index (χ1v) is 13.5. The molecule has 10 nitrogen and oxygen atoms in total. The van der Waals surface area contributed by atoms with Crippen molar-refractivity contribution >= 4 is 63.1 Å². The SMILES string of the molecule is Cc1cccc(NC(=O)CN2C(=O)S/C(=C\c3cn(CC(=O)Nc4ccc5c(c4)OCO5)c4ccccc34)C2=O)c1. The van der Waals surface area contributed by atoms with Gasteiger partial charge >= 0.3 is 0 Å². The number of rotatable bonds is 7. The van der Waals surface area contributed by atoms with E-state index in [1.165, 1.54) is 0 Å². The Kier molecular flexibility index (Phi) is 6.94. The topological polar surface area (TPSA) is 119 Å². The second-order valence-corrected chi connectivity index (χ2v) is 10.5. The first-order chi connectivity index (χ1) is 19.8. The third-order valence-corrected chi connectivity index (χ3v) is 7.46. The molecule has 0 saturated carbocycles. The Morgan fingerprint density at radius 1 is 0.902 bits per heavy atom. The normalized spacial score (nSPS) is 15.1. The Bertz CT molecular complexity index is 1760. The Balaban J connectivity index is 1.18. The number of hydrogen-bond acceptors (Lipinski definition) is 7. The lowest BCUT2D eigenvalue weighted by molar-refractivity contribution is -0.127. The molecule has 1 fully saturated rings. The number of carbonyl (C=O) groups is 4. The van der Waals surface area contributed by atoms with E-state index in [2.05, 4.69) is 10.6 Å². The van der Waals surface area contributed by atoms with E-state index in [1.54, 1.807) is 47.2 Å². The van der Waals surface area contributed by atoms with Crippen LogP contribution in [0, 0.1) is 6.92 Å². The third-order valence-electron chi connectivity index (χ3n) is 6.55. The fourth-order valence-corrected chi connectivity index (χ4v) is 5.52. The molecule has 0 atom stereocenters. The second-order valence-electron chi connectivity index (χ2n) is 9.53. The zero-order valence-corrected chi connectivity index (χ0v) is 22.7. The Morgan fingerprint density at radius 3 is 2.49 bits per heavy atom. The minimum absolute atomic E-state index is 0.0173. The molecule has 0 bridgehead atoms. The summed E-state index contributed by atoms with van der Waals surface area (Å²) < 4.78 is 12.5. The molecule has 1 aromatic heterocycles. The summed E-state index contributed by atoms with van der Waals surface area (Å²) in [5.74, 6) is -0.0735. The van der Waals surface area contributed by atoms with Crippen LogP contribution < -0.4 is 20.1 Å². The second kappa shape index (κ2) is 10.9. The number of anilines is 2. The maximum absolute atomic E-state index is 13.1. The number of carbonyl (C=O) groups excluding carboxylic acids is 4. The molecule has 3 aromatic carbocycles. The van der Waals surface area contributed by atoms with Gasteiger partial charge in [0.1, 0.15) is 13.1 Å². The summed E-state index contributed by atoms with van der Waals surface area (Å²) in [7, 11) is 0. The molecule has 0 unspecified atom stereocenters. The van der Waals surface area contributed by atoms with Gasteiger partial charge in [-0.1, -0.05) is 30.3 Å². The molecule has 0 radical (unpaired) electrons. The van der Waals surface area contributed by atoms with Gasteiger partial charge in [-0.3, -0.25) is 24.1 Å². The molecular formula is C30H24N4O6S. The van der Waals surface area contributed by atoms with Crippen LogP contribution in [0.15, 0.2) is 77.8 Å². The van der Waals surface area contributed by atoms with Crippen LogP contribution in [0.4, 0.5) is 16.2 Å². The van der Waals surface area contributed by atoms with Gasteiger partial charge in [0.15, 0.2) is 11.5 Å². The number of ether oxygens (including phenoxy) is 2. The fraction of sp³-hybridized carbons (Fsp3) is 0.133. The molecule has 6 rings (SSSR count). The lowest BCUT2D eigenvalue weighted by Crippen LogP contribution is -2.36. The van der Waals surface area contributed by atoms with E-state index in [-0.39, 0.29) is 24.2 Å². The molecule has 1 saturated heterocycles. The predicted molar refractivity (Wildman–Crippen MR) is 156 cm³/mol. The number of amides is 4. The lowest BCUT2D eigenvalue weighted by Gasteiger charge is -2.12. The summed E-state index contributed by atoms with van der Waals surface area (Å²) in [6, 6.07) is 19.9. The smallest absolute Gasteiger partial charge is 0.294 e. The monoisotopic (exact) mass is 568 g/mol. The highest BCUT2D eigenvalue weighted by molar-refractivity contribution is 8.18. The highest BCUT2D eigenvalue weighted by Crippen LogP contribution is 2.35.